The number of benzene rings is 2. The Morgan fingerprint density at radius 2 is 1.64 bits per heavy atom. The maximum atomic E-state index is 12.1. The lowest BCUT2D eigenvalue weighted by atomic mass is 10.1. The van der Waals surface area contributed by atoms with E-state index in [1.807, 2.05) is 56.3 Å². The van der Waals surface area contributed by atoms with E-state index in [1.165, 1.54) is 5.56 Å². The summed E-state index contributed by atoms with van der Waals surface area (Å²) in [5.74, 6) is 2.03. The molecule has 2 aromatic rings. The van der Waals surface area contributed by atoms with Crippen LogP contribution in [-0.2, 0) is 4.79 Å². The van der Waals surface area contributed by atoms with Crippen LogP contribution in [-0.4, -0.2) is 32.3 Å². The van der Waals surface area contributed by atoms with E-state index in [2.05, 4.69) is 5.32 Å². The van der Waals surface area contributed by atoms with Crippen LogP contribution in [0.4, 0.5) is 0 Å². The molecule has 0 aromatic heterocycles. The molecule has 0 fully saturated rings. The van der Waals surface area contributed by atoms with Crippen molar-refractivity contribution in [1.29, 1.82) is 0 Å². The second kappa shape index (κ2) is 8.97. The molecule has 0 saturated heterocycles. The molecule has 0 unspecified atom stereocenters. The standard InChI is InChI=1S/C20H25NO4/c1-14-5-6-19(13-15(14)2)25-16(3)20(22)21-11-12-24-18-9-7-17(23-4)8-10-18/h5-10,13,16H,11-12H2,1-4H3,(H,21,22)/t16-/m0/s1. The molecule has 1 N–H and O–H groups in total. The zero-order valence-electron chi connectivity index (χ0n) is 15.2. The van der Waals surface area contributed by atoms with E-state index < -0.39 is 6.10 Å². The Labute approximate surface area is 148 Å². The van der Waals surface area contributed by atoms with E-state index in [4.69, 9.17) is 14.2 Å². The number of amides is 1. The van der Waals surface area contributed by atoms with Gasteiger partial charge < -0.3 is 19.5 Å². The number of methoxy groups -OCH3 is 1. The molecule has 0 bridgehead atoms. The van der Waals surface area contributed by atoms with Crippen molar-refractivity contribution in [2.24, 2.45) is 0 Å². The first-order chi connectivity index (χ1) is 12.0. The maximum absolute atomic E-state index is 12.1. The summed E-state index contributed by atoms with van der Waals surface area (Å²) in [6.07, 6.45) is -0.567. The Morgan fingerprint density at radius 3 is 2.28 bits per heavy atom. The molecule has 2 rings (SSSR count). The molecule has 1 amide bonds. The van der Waals surface area contributed by atoms with Gasteiger partial charge in [0.1, 0.15) is 23.9 Å². The predicted octanol–water partition coefficient (Wildman–Crippen LogP) is 3.27. The highest BCUT2D eigenvalue weighted by Gasteiger charge is 2.14. The van der Waals surface area contributed by atoms with Crippen LogP contribution in [0.3, 0.4) is 0 Å². The first kappa shape index (κ1) is 18.6. The predicted molar refractivity (Wildman–Crippen MR) is 97.5 cm³/mol. The fourth-order valence-corrected chi connectivity index (χ4v) is 2.20. The van der Waals surface area contributed by atoms with Gasteiger partial charge in [0.2, 0.25) is 0 Å². The molecule has 134 valence electrons. The average molecular weight is 343 g/mol. The van der Waals surface area contributed by atoms with Crippen molar-refractivity contribution in [3.63, 3.8) is 0 Å². The Balaban J connectivity index is 1.72. The largest absolute Gasteiger partial charge is 0.497 e. The number of hydrogen-bond acceptors (Lipinski definition) is 4. The van der Waals surface area contributed by atoms with Crippen molar-refractivity contribution in [3.8, 4) is 17.2 Å². The number of hydrogen-bond donors (Lipinski definition) is 1. The smallest absolute Gasteiger partial charge is 0.260 e. The number of carbonyl (C=O) groups excluding carboxylic acids is 1. The molecular formula is C20H25NO4. The van der Waals surface area contributed by atoms with Gasteiger partial charge in [-0.05, 0) is 68.3 Å². The van der Waals surface area contributed by atoms with Crippen LogP contribution < -0.4 is 19.5 Å². The fraction of sp³-hybridized carbons (Fsp3) is 0.350. The minimum Gasteiger partial charge on any atom is -0.497 e. The molecule has 1 atom stereocenters. The zero-order valence-corrected chi connectivity index (χ0v) is 15.2. The third kappa shape index (κ3) is 5.71. The first-order valence-corrected chi connectivity index (χ1v) is 8.28. The summed E-state index contributed by atoms with van der Waals surface area (Å²) >= 11 is 0. The van der Waals surface area contributed by atoms with Crippen LogP contribution in [0.15, 0.2) is 42.5 Å². The van der Waals surface area contributed by atoms with E-state index in [9.17, 15) is 4.79 Å². The van der Waals surface area contributed by atoms with Crippen LogP contribution in [0.1, 0.15) is 18.1 Å². The Hall–Kier alpha value is -2.69. The Bertz CT molecular complexity index is 697. The molecule has 0 aliphatic heterocycles. The third-order valence-corrected chi connectivity index (χ3v) is 3.89. The first-order valence-electron chi connectivity index (χ1n) is 8.28. The molecule has 2 aromatic carbocycles. The summed E-state index contributed by atoms with van der Waals surface area (Å²) in [6.45, 7) is 6.58. The molecule has 25 heavy (non-hydrogen) atoms. The van der Waals surface area contributed by atoms with E-state index >= 15 is 0 Å². The van der Waals surface area contributed by atoms with Gasteiger partial charge in [0, 0.05) is 0 Å². The number of carbonyl (C=O) groups is 1. The lowest BCUT2D eigenvalue weighted by molar-refractivity contribution is -0.127. The SMILES string of the molecule is COc1ccc(OCCNC(=O)[C@H](C)Oc2ccc(C)c(C)c2)cc1. The van der Waals surface area contributed by atoms with Gasteiger partial charge >= 0.3 is 0 Å². The molecule has 0 aliphatic rings. The van der Waals surface area contributed by atoms with Crippen molar-refractivity contribution >= 4 is 5.91 Å². The summed E-state index contributed by atoms with van der Waals surface area (Å²) in [6, 6.07) is 13.1. The molecule has 0 saturated carbocycles. The topological polar surface area (TPSA) is 56.8 Å². The van der Waals surface area contributed by atoms with Crippen molar-refractivity contribution in [1.82, 2.24) is 5.32 Å². The van der Waals surface area contributed by atoms with Crippen LogP contribution in [0.2, 0.25) is 0 Å². The monoisotopic (exact) mass is 343 g/mol. The maximum Gasteiger partial charge on any atom is 0.260 e. The minimum absolute atomic E-state index is 0.170. The normalized spacial score (nSPS) is 11.5. The second-order valence-corrected chi connectivity index (χ2v) is 5.82. The van der Waals surface area contributed by atoms with Crippen LogP contribution in [0.5, 0.6) is 17.2 Å². The average Bonchev–Trinajstić information content (AvgIpc) is 2.62. The minimum atomic E-state index is -0.567. The highest BCUT2D eigenvalue weighted by molar-refractivity contribution is 5.80. The molecular weight excluding hydrogens is 318 g/mol. The number of nitrogens with one attached hydrogen (secondary N) is 1. The van der Waals surface area contributed by atoms with Crippen LogP contribution >= 0.6 is 0 Å². The quantitative estimate of drug-likeness (QED) is 0.748. The van der Waals surface area contributed by atoms with Crippen LogP contribution in [0.25, 0.3) is 0 Å². The van der Waals surface area contributed by atoms with E-state index in [-0.39, 0.29) is 5.91 Å². The van der Waals surface area contributed by atoms with Gasteiger partial charge in [-0.15, -0.1) is 0 Å². The van der Waals surface area contributed by atoms with E-state index in [0.29, 0.717) is 18.9 Å². The van der Waals surface area contributed by atoms with Gasteiger partial charge in [-0.3, -0.25) is 4.79 Å². The van der Waals surface area contributed by atoms with Gasteiger partial charge in [-0.1, -0.05) is 6.07 Å². The van der Waals surface area contributed by atoms with Gasteiger partial charge in [0.15, 0.2) is 6.10 Å². The number of ether oxygens (including phenoxy) is 3. The molecule has 5 nitrogen and oxygen atoms in total. The molecule has 5 heteroatoms. The Morgan fingerprint density at radius 1 is 1.00 bits per heavy atom. The molecule has 0 heterocycles. The van der Waals surface area contributed by atoms with Gasteiger partial charge in [-0.25, -0.2) is 0 Å². The summed E-state index contributed by atoms with van der Waals surface area (Å²) in [5.41, 5.74) is 2.33. The zero-order chi connectivity index (χ0) is 18.2. The lowest BCUT2D eigenvalue weighted by Crippen LogP contribution is -2.38. The van der Waals surface area contributed by atoms with E-state index in [1.54, 1.807) is 14.0 Å². The van der Waals surface area contributed by atoms with Gasteiger partial charge in [0.05, 0.1) is 13.7 Å². The summed E-state index contributed by atoms with van der Waals surface area (Å²) in [7, 11) is 1.62. The summed E-state index contributed by atoms with van der Waals surface area (Å²) in [4.78, 5) is 12.1. The highest BCUT2D eigenvalue weighted by atomic mass is 16.5. The molecule has 0 aliphatic carbocycles. The Kier molecular flexibility index (Phi) is 6.69. The van der Waals surface area contributed by atoms with Crippen molar-refractivity contribution in [3.05, 3.63) is 53.6 Å². The highest BCUT2D eigenvalue weighted by Crippen LogP contribution is 2.18. The summed E-state index contributed by atoms with van der Waals surface area (Å²) < 4.78 is 16.3. The fourth-order valence-electron chi connectivity index (χ4n) is 2.20. The third-order valence-electron chi connectivity index (χ3n) is 3.89. The van der Waals surface area contributed by atoms with Gasteiger partial charge in [0.25, 0.3) is 5.91 Å². The lowest BCUT2D eigenvalue weighted by Gasteiger charge is -2.16. The van der Waals surface area contributed by atoms with Gasteiger partial charge in [-0.2, -0.15) is 0 Å². The molecule has 0 spiro atoms. The van der Waals surface area contributed by atoms with E-state index in [0.717, 1.165) is 17.1 Å². The number of rotatable bonds is 8. The molecule has 0 radical (unpaired) electrons. The van der Waals surface area contributed by atoms with Crippen molar-refractivity contribution < 1.29 is 19.0 Å². The summed E-state index contributed by atoms with van der Waals surface area (Å²) in [5, 5.41) is 2.81. The number of aryl methyl sites for hydroxylation is 2. The second-order valence-electron chi connectivity index (χ2n) is 5.82. The van der Waals surface area contributed by atoms with Crippen molar-refractivity contribution in [2.75, 3.05) is 20.3 Å². The van der Waals surface area contributed by atoms with Crippen molar-refractivity contribution in [2.45, 2.75) is 26.9 Å². The van der Waals surface area contributed by atoms with Crippen LogP contribution in [0, 0.1) is 13.8 Å².